The van der Waals surface area contributed by atoms with Crippen LogP contribution >= 0.6 is 10.0 Å². The maximum absolute atomic E-state index is 12.1. The quantitative estimate of drug-likeness (QED) is 0.810. The molecule has 2 unspecified atom stereocenters. The van der Waals surface area contributed by atoms with Crippen molar-refractivity contribution in [3.8, 4) is 11.7 Å². The van der Waals surface area contributed by atoms with Crippen LogP contribution in [0, 0.1) is 11.7 Å². The second kappa shape index (κ2) is 6.51. The number of carbonyl (C=O) groups is 1. The zero-order valence-corrected chi connectivity index (χ0v) is 14.3. The lowest BCUT2D eigenvalue weighted by Crippen LogP contribution is -2.40. The normalized spacial score (nSPS) is 29.1. The molecule has 2 N–H and O–H groups in total. The molecule has 0 spiro atoms. The van der Waals surface area contributed by atoms with Crippen molar-refractivity contribution in [2.45, 2.75) is 43.0 Å². The number of hydrogen-bond donors (Lipinski definition) is 2. The second-order valence-electron chi connectivity index (χ2n) is 6.33. The second-order valence-corrected chi connectivity index (χ2v) is 9.36. The molecule has 1 heterocycles. The molecule has 24 heavy (non-hydrogen) atoms. The molecule has 0 aromatic heterocycles. The maximum atomic E-state index is 12.1. The minimum atomic E-state index is -2.08. The molecule has 2 atom stereocenters. The Morgan fingerprint density at radius 3 is 2.46 bits per heavy atom. The molecule has 126 valence electrons. The van der Waals surface area contributed by atoms with Crippen LogP contribution in [0.4, 0.5) is 0 Å². The first-order valence-corrected chi connectivity index (χ1v) is 10.0. The summed E-state index contributed by atoms with van der Waals surface area (Å²) in [5.41, 5.74) is -1.72. The Morgan fingerprint density at radius 2 is 1.88 bits per heavy atom. The highest BCUT2D eigenvalue weighted by Gasteiger charge is 2.51. The van der Waals surface area contributed by atoms with Gasteiger partial charge in [0.05, 0.1) is 0 Å². The molecule has 2 aliphatic rings. The summed E-state index contributed by atoms with van der Waals surface area (Å²) in [6, 6.07) is 8.57. The van der Waals surface area contributed by atoms with E-state index in [1.54, 1.807) is 36.4 Å². The topological polar surface area (TPSA) is 57.5 Å². The first kappa shape index (κ1) is 16.9. The molecule has 1 aromatic rings. The van der Waals surface area contributed by atoms with Gasteiger partial charge in [0, 0.05) is 10.2 Å². The highest BCUT2D eigenvalue weighted by molar-refractivity contribution is 8.43. The van der Waals surface area contributed by atoms with Crippen molar-refractivity contribution in [1.82, 2.24) is 0 Å². The summed E-state index contributed by atoms with van der Waals surface area (Å²) in [4.78, 5) is 12.6. The molecule has 1 aliphatic carbocycles. The van der Waals surface area contributed by atoms with E-state index < -0.39 is 21.6 Å². The van der Waals surface area contributed by atoms with Gasteiger partial charge in [0.15, 0.2) is 0 Å². The van der Waals surface area contributed by atoms with E-state index in [9.17, 15) is 15.0 Å². The van der Waals surface area contributed by atoms with Crippen LogP contribution in [0.25, 0.3) is 0 Å². The summed E-state index contributed by atoms with van der Waals surface area (Å²) in [6.45, 7) is 0. The van der Waals surface area contributed by atoms with E-state index in [1.807, 2.05) is 11.5 Å². The van der Waals surface area contributed by atoms with Gasteiger partial charge in [-0.1, -0.05) is 55.7 Å². The van der Waals surface area contributed by atoms with Gasteiger partial charge in [-0.25, -0.2) is 4.79 Å². The molecule has 0 saturated heterocycles. The molecule has 1 aromatic carbocycles. The molecule has 1 aliphatic heterocycles. The summed E-state index contributed by atoms with van der Waals surface area (Å²) in [5, 5.41) is 26.3. The minimum absolute atomic E-state index is 0.246. The van der Waals surface area contributed by atoms with Gasteiger partial charge >= 0.3 is 5.97 Å². The summed E-state index contributed by atoms with van der Waals surface area (Å²) in [6.07, 6.45) is 14.9. The number of aliphatic hydroxyl groups is 1. The van der Waals surface area contributed by atoms with Crippen molar-refractivity contribution >= 4 is 16.0 Å². The number of terminal acetylenes is 1. The Bertz CT molecular complexity index is 725. The SMILES string of the molecule is C#CS1(C2CCCCC2)C=CC=C1C(O)(C(=O)O)c1ccccc1. The lowest BCUT2D eigenvalue weighted by atomic mass is 9.93. The molecule has 0 amide bonds. The lowest BCUT2D eigenvalue weighted by molar-refractivity contribution is -0.154. The maximum Gasteiger partial charge on any atom is 0.345 e. The van der Waals surface area contributed by atoms with Gasteiger partial charge in [0.1, 0.15) is 0 Å². The van der Waals surface area contributed by atoms with Crippen molar-refractivity contribution in [2.24, 2.45) is 0 Å². The standard InChI is InChI=1S/C20H22O3S/c1-2-24(17-12-7-4-8-13-17)15-9-14-18(24)20(23,19(21)22)16-10-5-3-6-11-16/h1,3,5-6,9-11,14-15,17,23H,4,7-8,12-13H2,(H,21,22). The molecule has 1 saturated carbocycles. The molecular weight excluding hydrogens is 320 g/mol. The minimum Gasteiger partial charge on any atom is -0.479 e. The summed E-state index contributed by atoms with van der Waals surface area (Å²) in [5.74, 6) is -1.27. The molecule has 3 rings (SSSR count). The van der Waals surface area contributed by atoms with E-state index >= 15 is 0 Å². The van der Waals surface area contributed by atoms with Crippen LogP contribution in [-0.4, -0.2) is 21.4 Å². The Hall–Kier alpha value is -1.96. The summed E-state index contributed by atoms with van der Waals surface area (Å²) in [7, 11) is -1.92. The first-order valence-electron chi connectivity index (χ1n) is 8.25. The van der Waals surface area contributed by atoms with E-state index in [0.717, 1.165) is 25.7 Å². The van der Waals surface area contributed by atoms with E-state index in [0.29, 0.717) is 10.5 Å². The highest BCUT2D eigenvalue weighted by atomic mass is 32.3. The number of aliphatic carboxylic acids is 1. The molecule has 0 bridgehead atoms. The third kappa shape index (κ3) is 2.49. The fourth-order valence-electron chi connectivity index (χ4n) is 3.78. The molecule has 1 fully saturated rings. The molecular formula is C20H22O3S. The zero-order chi connectivity index (χ0) is 17.2. The summed E-state index contributed by atoms with van der Waals surface area (Å²) < 4.78 is 0. The largest absolute Gasteiger partial charge is 0.479 e. The van der Waals surface area contributed by atoms with Gasteiger partial charge in [-0.3, -0.25) is 0 Å². The number of rotatable bonds is 4. The van der Waals surface area contributed by atoms with Gasteiger partial charge in [0.25, 0.3) is 0 Å². The van der Waals surface area contributed by atoms with E-state index in [-0.39, 0.29) is 5.25 Å². The fraction of sp³-hybridized carbons (Fsp3) is 0.350. The lowest BCUT2D eigenvalue weighted by Gasteiger charge is -2.45. The third-order valence-electron chi connectivity index (χ3n) is 5.04. The van der Waals surface area contributed by atoms with Crippen molar-refractivity contribution in [2.75, 3.05) is 0 Å². The monoisotopic (exact) mass is 342 g/mol. The van der Waals surface area contributed by atoms with Crippen LogP contribution in [0.15, 0.2) is 52.8 Å². The molecule has 0 radical (unpaired) electrons. The van der Waals surface area contributed by atoms with Crippen LogP contribution in [0.1, 0.15) is 37.7 Å². The number of hydrogen-bond acceptors (Lipinski definition) is 2. The van der Waals surface area contributed by atoms with Crippen LogP contribution in [0.2, 0.25) is 0 Å². The number of allylic oxidation sites excluding steroid dienone is 2. The van der Waals surface area contributed by atoms with Crippen LogP contribution in [-0.2, 0) is 10.4 Å². The van der Waals surface area contributed by atoms with Crippen molar-refractivity contribution < 1.29 is 15.0 Å². The number of carboxylic acid groups (broad SMARTS) is 1. The zero-order valence-electron chi connectivity index (χ0n) is 13.5. The number of carboxylic acids is 1. The molecule has 3 nitrogen and oxygen atoms in total. The predicted molar refractivity (Wildman–Crippen MR) is 98.5 cm³/mol. The van der Waals surface area contributed by atoms with Gasteiger partial charge < -0.3 is 10.2 Å². The van der Waals surface area contributed by atoms with Gasteiger partial charge in [-0.2, -0.15) is 0 Å². The van der Waals surface area contributed by atoms with Gasteiger partial charge in [-0.15, -0.1) is 16.5 Å². The Kier molecular flexibility index (Phi) is 4.58. The van der Waals surface area contributed by atoms with Gasteiger partial charge in [0.2, 0.25) is 5.60 Å². The van der Waals surface area contributed by atoms with Crippen molar-refractivity contribution in [3.05, 3.63) is 58.4 Å². The van der Waals surface area contributed by atoms with Crippen LogP contribution < -0.4 is 0 Å². The van der Waals surface area contributed by atoms with Crippen LogP contribution in [0.5, 0.6) is 0 Å². The average molecular weight is 342 g/mol. The van der Waals surface area contributed by atoms with Crippen molar-refractivity contribution in [3.63, 3.8) is 0 Å². The average Bonchev–Trinajstić information content (AvgIpc) is 3.08. The van der Waals surface area contributed by atoms with E-state index in [1.165, 1.54) is 6.42 Å². The van der Waals surface area contributed by atoms with E-state index in [4.69, 9.17) is 6.42 Å². The third-order valence-corrected chi connectivity index (χ3v) is 8.69. The Morgan fingerprint density at radius 1 is 1.21 bits per heavy atom. The predicted octanol–water partition coefficient (Wildman–Crippen LogP) is 4.10. The Labute approximate surface area is 144 Å². The Balaban J connectivity index is 2.11. The first-order chi connectivity index (χ1) is 11.6. The van der Waals surface area contributed by atoms with Crippen molar-refractivity contribution in [1.29, 1.82) is 0 Å². The molecule has 4 heteroatoms. The van der Waals surface area contributed by atoms with Gasteiger partial charge in [-0.05, 0) is 35.1 Å². The smallest absolute Gasteiger partial charge is 0.345 e. The summed E-state index contributed by atoms with van der Waals surface area (Å²) >= 11 is 0. The number of benzene rings is 1. The van der Waals surface area contributed by atoms with Crippen LogP contribution in [0.3, 0.4) is 0 Å². The van der Waals surface area contributed by atoms with E-state index in [2.05, 4.69) is 5.25 Å². The highest BCUT2D eigenvalue weighted by Crippen LogP contribution is 2.69. The fourth-order valence-corrected chi connectivity index (χ4v) is 7.31.